The third-order valence-corrected chi connectivity index (χ3v) is 3.79. The number of rotatable bonds is 7. The molecule has 0 amide bonds. The van der Waals surface area contributed by atoms with Crippen molar-refractivity contribution in [1.29, 1.82) is 0 Å². The summed E-state index contributed by atoms with van der Waals surface area (Å²) in [6.45, 7) is 3.25. The molecule has 0 unspecified atom stereocenters. The Balaban J connectivity index is 1.76. The van der Waals surface area contributed by atoms with Crippen molar-refractivity contribution < 1.29 is 4.39 Å². The largest absolute Gasteiger partial charge is 0.319 e. The van der Waals surface area contributed by atoms with Crippen LogP contribution in [0.2, 0.25) is 0 Å². The molecular formula is C15H23FN2. The van der Waals surface area contributed by atoms with Gasteiger partial charge >= 0.3 is 0 Å². The van der Waals surface area contributed by atoms with Gasteiger partial charge in [-0.2, -0.15) is 0 Å². The highest BCUT2D eigenvalue weighted by Gasteiger charge is 2.42. The van der Waals surface area contributed by atoms with Crippen molar-refractivity contribution in [3.63, 3.8) is 0 Å². The molecule has 18 heavy (non-hydrogen) atoms. The topological polar surface area (TPSA) is 15.3 Å². The lowest BCUT2D eigenvalue weighted by atomic mass is 10.1. The fourth-order valence-electron chi connectivity index (χ4n) is 2.61. The molecule has 1 aromatic carbocycles. The van der Waals surface area contributed by atoms with Crippen LogP contribution < -0.4 is 5.32 Å². The van der Waals surface area contributed by atoms with Crippen LogP contribution in [0.4, 0.5) is 4.39 Å². The van der Waals surface area contributed by atoms with E-state index in [9.17, 15) is 4.39 Å². The number of likely N-dealkylation sites (N-methyl/N-ethyl adjacent to an activating group) is 1. The van der Waals surface area contributed by atoms with Crippen molar-refractivity contribution in [2.75, 3.05) is 33.7 Å². The maximum absolute atomic E-state index is 13.1. The molecule has 0 atom stereocenters. The van der Waals surface area contributed by atoms with Gasteiger partial charge in [-0.15, -0.1) is 0 Å². The summed E-state index contributed by atoms with van der Waals surface area (Å²) in [6.07, 6.45) is 3.58. The van der Waals surface area contributed by atoms with Gasteiger partial charge in [0.25, 0.3) is 0 Å². The second kappa shape index (κ2) is 5.81. The molecule has 1 N–H and O–H groups in total. The minimum atomic E-state index is -0.135. The normalized spacial score (nSPS) is 17.1. The molecule has 1 fully saturated rings. The summed E-state index contributed by atoms with van der Waals surface area (Å²) < 4.78 is 13.1. The summed E-state index contributed by atoms with van der Waals surface area (Å²) in [4.78, 5) is 2.37. The number of nitrogens with one attached hydrogen (secondary N) is 1. The van der Waals surface area contributed by atoms with Crippen LogP contribution in [0.15, 0.2) is 24.3 Å². The molecule has 0 radical (unpaired) electrons. The van der Waals surface area contributed by atoms with Crippen LogP contribution in [0.5, 0.6) is 0 Å². The van der Waals surface area contributed by atoms with Crippen LogP contribution in [0.1, 0.15) is 18.4 Å². The molecule has 0 bridgehead atoms. The Kier molecular flexibility index (Phi) is 4.36. The molecule has 0 aromatic heterocycles. The third kappa shape index (κ3) is 3.79. The minimum absolute atomic E-state index is 0.135. The van der Waals surface area contributed by atoms with Gasteiger partial charge in [-0.3, -0.25) is 0 Å². The van der Waals surface area contributed by atoms with Crippen molar-refractivity contribution >= 4 is 0 Å². The second-order valence-corrected chi connectivity index (χ2v) is 5.65. The monoisotopic (exact) mass is 250 g/mol. The molecule has 2 nitrogen and oxygen atoms in total. The van der Waals surface area contributed by atoms with E-state index in [1.54, 1.807) is 12.1 Å². The smallest absolute Gasteiger partial charge is 0.123 e. The summed E-state index contributed by atoms with van der Waals surface area (Å²) in [6, 6.07) is 6.92. The van der Waals surface area contributed by atoms with E-state index in [1.807, 2.05) is 13.1 Å². The van der Waals surface area contributed by atoms with Gasteiger partial charge in [0.05, 0.1) is 0 Å². The average Bonchev–Trinajstić information content (AvgIpc) is 3.07. The van der Waals surface area contributed by atoms with Crippen molar-refractivity contribution in [3.05, 3.63) is 35.6 Å². The molecule has 1 aromatic rings. The Bertz CT molecular complexity index is 388. The fourth-order valence-corrected chi connectivity index (χ4v) is 2.61. The lowest BCUT2D eigenvalue weighted by molar-refractivity contribution is 0.262. The fraction of sp³-hybridized carbons (Fsp3) is 0.600. The Hall–Kier alpha value is -0.930. The maximum atomic E-state index is 13.1. The SMILES string of the molecule is CNCC1(CN(C)CCc2cccc(F)c2)CC1. The average molecular weight is 250 g/mol. The highest BCUT2D eigenvalue weighted by atomic mass is 19.1. The van der Waals surface area contributed by atoms with Crippen LogP contribution in [-0.2, 0) is 6.42 Å². The molecule has 1 aliphatic carbocycles. The summed E-state index contributed by atoms with van der Waals surface area (Å²) in [5, 5.41) is 3.28. The first kappa shape index (κ1) is 13.5. The van der Waals surface area contributed by atoms with Crippen molar-refractivity contribution in [2.24, 2.45) is 5.41 Å². The maximum Gasteiger partial charge on any atom is 0.123 e. The first-order valence-electron chi connectivity index (χ1n) is 6.71. The predicted molar refractivity (Wildman–Crippen MR) is 73.2 cm³/mol. The Morgan fingerprint density at radius 3 is 2.78 bits per heavy atom. The summed E-state index contributed by atoms with van der Waals surface area (Å²) >= 11 is 0. The van der Waals surface area contributed by atoms with E-state index >= 15 is 0 Å². The molecule has 2 rings (SSSR count). The standard InChI is InChI=1S/C15H23FN2/c1-17-11-15(7-8-15)12-18(2)9-6-13-4-3-5-14(16)10-13/h3-5,10,17H,6-9,11-12H2,1-2H3. The highest BCUT2D eigenvalue weighted by molar-refractivity contribution is 5.16. The van der Waals surface area contributed by atoms with E-state index in [0.717, 1.165) is 31.6 Å². The van der Waals surface area contributed by atoms with E-state index < -0.39 is 0 Å². The number of halogens is 1. The molecule has 1 aliphatic rings. The second-order valence-electron chi connectivity index (χ2n) is 5.65. The number of hydrogen-bond donors (Lipinski definition) is 1. The van der Waals surface area contributed by atoms with Crippen LogP contribution in [0, 0.1) is 11.2 Å². The Labute approximate surface area is 109 Å². The van der Waals surface area contributed by atoms with Gasteiger partial charge in [-0.25, -0.2) is 4.39 Å². The Morgan fingerprint density at radius 1 is 1.39 bits per heavy atom. The summed E-state index contributed by atoms with van der Waals surface area (Å²) in [7, 11) is 4.18. The van der Waals surface area contributed by atoms with Crippen LogP contribution in [-0.4, -0.2) is 38.6 Å². The van der Waals surface area contributed by atoms with Crippen molar-refractivity contribution in [1.82, 2.24) is 10.2 Å². The van der Waals surface area contributed by atoms with Gasteiger partial charge in [-0.05, 0) is 56.5 Å². The zero-order valence-corrected chi connectivity index (χ0v) is 11.4. The summed E-state index contributed by atoms with van der Waals surface area (Å²) in [5.41, 5.74) is 1.59. The van der Waals surface area contributed by atoms with Crippen molar-refractivity contribution in [2.45, 2.75) is 19.3 Å². The van der Waals surface area contributed by atoms with E-state index in [4.69, 9.17) is 0 Å². The lowest BCUT2D eigenvalue weighted by Crippen LogP contribution is -2.33. The third-order valence-electron chi connectivity index (χ3n) is 3.79. The van der Waals surface area contributed by atoms with Crippen LogP contribution in [0.3, 0.4) is 0 Å². The van der Waals surface area contributed by atoms with E-state index in [-0.39, 0.29) is 5.82 Å². The van der Waals surface area contributed by atoms with Gasteiger partial charge in [0.15, 0.2) is 0 Å². The zero-order valence-electron chi connectivity index (χ0n) is 11.4. The van der Waals surface area contributed by atoms with Gasteiger partial charge in [0.1, 0.15) is 5.82 Å². The number of nitrogens with zero attached hydrogens (tertiary/aromatic N) is 1. The van der Waals surface area contributed by atoms with Gasteiger partial charge in [-0.1, -0.05) is 12.1 Å². The predicted octanol–water partition coefficient (Wildman–Crippen LogP) is 2.30. The highest BCUT2D eigenvalue weighted by Crippen LogP contribution is 2.45. The number of hydrogen-bond acceptors (Lipinski definition) is 2. The first-order valence-corrected chi connectivity index (χ1v) is 6.71. The van der Waals surface area contributed by atoms with Gasteiger partial charge in [0, 0.05) is 19.6 Å². The Morgan fingerprint density at radius 2 is 2.17 bits per heavy atom. The molecule has 0 heterocycles. The molecule has 3 heteroatoms. The first-order chi connectivity index (χ1) is 8.63. The van der Waals surface area contributed by atoms with E-state index in [1.165, 1.54) is 18.9 Å². The van der Waals surface area contributed by atoms with E-state index in [2.05, 4.69) is 17.3 Å². The molecule has 0 spiro atoms. The molecular weight excluding hydrogens is 227 g/mol. The minimum Gasteiger partial charge on any atom is -0.319 e. The van der Waals surface area contributed by atoms with Crippen LogP contribution >= 0.6 is 0 Å². The molecule has 1 saturated carbocycles. The van der Waals surface area contributed by atoms with Crippen LogP contribution in [0.25, 0.3) is 0 Å². The van der Waals surface area contributed by atoms with Crippen molar-refractivity contribution in [3.8, 4) is 0 Å². The molecule has 0 aliphatic heterocycles. The lowest BCUT2D eigenvalue weighted by Gasteiger charge is -2.23. The van der Waals surface area contributed by atoms with Gasteiger partial charge < -0.3 is 10.2 Å². The summed E-state index contributed by atoms with van der Waals surface area (Å²) in [5.74, 6) is -0.135. The molecule has 0 saturated heterocycles. The molecule has 100 valence electrons. The number of benzene rings is 1. The zero-order chi connectivity index (χ0) is 13.0. The van der Waals surface area contributed by atoms with E-state index in [0.29, 0.717) is 5.41 Å². The van der Waals surface area contributed by atoms with Gasteiger partial charge in [0.2, 0.25) is 0 Å². The quantitative estimate of drug-likeness (QED) is 0.799.